The fourth-order valence-corrected chi connectivity index (χ4v) is 7.31. The molecule has 1 amide bonds. The fraction of sp³-hybridized carbons (Fsp3) is 0.174. The highest BCUT2D eigenvalue weighted by molar-refractivity contribution is 9.10. The van der Waals surface area contributed by atoms with E-state index in [4.69, 9.17) is 17.3 Å². The number of aromatic nitrogens is 2. The molecule has 0 radical (unpaired) electrons. The number of carbonyl (C=O) groups is 1. The Labute approximate surface area is 209 Å². The molecule has 3 heterocycles. The number of thiocarbonyl (C=S) groups is 1. The first-order valence-corrected chi connectivity index (χ1v) is 14.0. The van der Waals surface area contributed by atoms with Crippen LogP contribution >= 0.6 is 39.9 Å². The molecule has 0 saturated carbocycles. The minimum Gasteiger partial charge on any atom is -0.289 e. The number of carbonyl (C=O) groups excluding carboxylic acids is 1. The van der Waals surface area contributed by atoms with Crippen molar-refractivity contribution in [3.05, 3.63) is 75.7 Å². The number of halogens is 1. The van der Waals surface area contributed by atoms with E-state index in [9.17, 15) is 13.2 Å². The molecule has 2 aliphatic rings. The van der Waals surface area contributed by atoms with Crippen LogP contribution in [0.3, 0.4) is 0 Å². The van der Waals surface area contributed by atoms with Gasteiger partial charge in [-0.2, -0.15) is 5.10 Å². The zero-order valence-corrected chi connectivity index (χ0v) is 21.3. The molecule has 1 aromatic heterocycles. The monoisotopic (exact) mass is 559 g/mol. The standard InChI is InChI=1S/C23H18BrN3O3S3/c24-17-8-6-15(7-9-17)21-16(13-26(25-21)18-4-2-1-3-5-18)12-20-22(28)27(23(31)32-20)19-10-11-33(29,30)14-19/h1-9,12-13,19H,10-11,14H2/b20-12+/t19-/m0/s1. The maximum atomic E-state index is 13.2. The van der Waals surface area contributed by atoms with Crippen LogP contribution in [0.1, 0.15) is 12.0 Å². The number of benzene rings is 2. The van der Waals surface area contributed by atoms with Crippen LogP contribution in [-0.2, 0) is 14.6 Å². The van der Waals surface area contributed by atoms with Gasteiger partial charge in [0.25, 0.3) is 5.91 Å². The molecule has 2 aromatic carbocycles. The quantitative estimate of drug-likeness (QED) is 0.341. The average molecular weight is 561 g/mol. The summed E-state index contributed by atoms with van der Waals surface area (Å²) < 4.78 is 27.0. The highest BCUT2D eigenvalue weighted by Crippen LogP contribution is 2.37. The van der Waals surface area contributed by atoms with E-state index in [0.29, 0.717) is 15.6 Å². The fourth-order valence-electron chi connectivity index (χ4n) is 3.95. The molecule has 0 aliphatic carbocycles. The van der Waals surface area contributed by atoms with E-state index in [1.807, 2.05) is 60.8 Å². The van der Waals surface area contributed by atoms with Crippen molar-refractivity contribution in [2.45, 2.75) is 12.5 Å². The molecule has 168 valence electrons. The van der Waals surface area contributed by atoms with E-state index in [1.54, 1.807) is 10.8 Å². The van der Waals surface area contributed by atoms with Crippen molar-refractivity contribution in [3.63, 3.8) is 0 Å². The van der Waals surface area contributed by atoms with Gasteiger partial charge in [-0.05, 0) is 36.8 Å². The number of thioether (sulfide) groups is 1. The summed E-state index contributed by atoms with van der Waals surface area (Å²) in [4.78, 5) is 15.1. The summed E-state index contributed by atoms with van der Waals surface area (Å²) in [5.74, 6) is -0.199. The minimum atomic E-state index is -3.13. The lowest BCUT2D eigenvalue weighted by atomic mass is 10.1. The van der Waals surface area contributed by atoms with Crippen LogP contribution in [0.15, 0.2) is 70.2 Å². The van der Waals surface area contributed by atoms with Gasteiger partial charge in [-0.15, -0.1) is 0 Å². The molecule has 2 saturated heterocycles. The number of amides is 1. The molecule has 1 atom stereocenters. The van der Waals surface area contributed by atoms with E-state index in [2.05, 4.69) is 15.9 Å². The van der Waals surface area contributed by atoms with Crippen molar-refractivity contribution < 1.29 is 13.2 Å². The first kappa shape index (κ1) is 22.5. The van der Waals surface area contributed by atoms with Gasteiger partial charge in [0.05, 0.1) is 33.8 Å². The molecule has 0 spiro atoms. The lowest BCUT2D eigenvalue weighted by molar-refractivity contribution is -0.123. The Morgan fingerprint density at radius 1 is 1.12 bits per heavy atom. The summed E-state index contributed by atoms with van der Waals surface area (Å²) in [7, 11) is -3.13. The predicted molar refractivity (Wildman–Crippen MR) is 139 cm³/mol. The summed E-state index contributed by atoms with van der Waals surface area (Å²) in [5, 5.41) is 4.79. The molecule has 3 aromatic rings. The van der Waals surface area contributed by atoms with Gasteiger partial charge in [0, 0.05) is 21.8 Å². The largest absolute Gasteiger partial charge is 0.289 e. The summed E-state index contributed by atoms with van der Waals surface area (Å²) in [5.41, 5.74) is 3.33. The van der Waals surface area contributed by atoms with Crippen LogP contribution in [0.4, 0.5) is 0 Å². The van der Waals surface area contributed by atoms with E-state index in [0.717, 1.165) is 27.0 Å². The summed E-state index contributed by atoms with van der Waals surface area (Å²) in [6.07, 6.45) is 4.10. The summed E-state index contributed by atoms with van der Waals surface area (Å²) in [6.45, 7) is 0. The number of rotatable bonds is 4. The second-order valence-electron chi connectivity index (χ2n) is 7.83. The SMILES string of the molecule is O=C1/C(=C\c2cn(-c3ccccc3)nc2-c2ccc(Br)cc2)SC(=S)N1[C@H]1CCS(=O)(=O)C1. The molecule has 0 N–H and O–H groups in total. The molecule has 0 bridgehead atoms. The Bertz CT molecular complexity index is 1380. The van der Waals surface area contributed by atoms with Crippen molar-refractivity contribution >= 4 is 66.1 Å². The number of hydrogen-bond acceptors (Lipinski definition) is 6. The first-order chi connectivity index (χ1) is 15.8. The van der Waals surface area contributed by atoms with Crippen LogP contribution in [-0.4, -0.2) is 50.9 Å². The van der Waals surface area contributed by atoms with Gasteiger partial charge >= 0.3 is 0 Å². The Hall–Kier alpha value is -2.27. The molecular formula is C23H18BrN3O3S3. The number of sulfone groups is 1. The topological polar surface area (TPSA) is 72.3 Å². The Morgan fingerprint density at radius 3 is 2.52 bits per heavy atom. The van der Waals surface area contributed by atoms with E-state index in [1.165, 1.54) is 16.7 Å². The Kier molecular flexibility index (Phi) is 6.02. The molecule has 2 fully saturated rings. The van der Waals surface area contributed by atoms with E-state index < -0.39 is 15.9 Å². The van der Waals surface area contributed by atoms with Crippen molar-refractivity contribution in [2.75, 3.05) is 11.5 Å². The van der Waals surface area contributed by atoms with Crippen molar-refractivity contribution in [1.82, 2.24) is 14.7 Å². The third-order valence-corrected chi connectivity index (χ3v) is 9.17. The Morgan fingerprint density at radius 2 is 1.85 bits per heavy atom. The Balaban J connectivity index is 1.54. The second-order valence-corrected chi connectivity index (χ2v) is 12.6. The summed E-state index contributed by atoms with van der Waals surface area (Å²) >= 11 is 10.1. The zero-order valence-electron chi connectivity index (χ0n) is 17.2. The van der Waals surface area contributed by atoms with Crippen molar-refractivity contribution in [3.8, 4) is 16.9 Å². The lowest BCUT2D eigenvalue weighted by Gasteiger charge is -2.20. The van der Waals surface area contributed by atoms with Crippen LogP contribution in [0, 0.1) is 0 Å². The maximum absolute atomic E-state index is 13.2. The predicted octanol–water partition coefficient (Wildman–Crippen LogP) is 4.69. The molecule has 0 unspecified atom stereocenters. The molecule has 2 aliphatic heterocycles. The molecule has 6 nitrogen and oxygen atoms in total. The van der Waals surface area contributed by atoms with Gasteiger partial charge in [0.15, 0.2) is 9.84 Å². The maximum Gasteiger partial charge on any atom is 0.266 e. The third-order valence-electron chi connectivity index (χ3n) is 5.56. The van der Waals surface area contributed by atoms with Crippen LogP contribution in [0.2, 0.25) is 0 Å². The first-order valence-electron chi connectivity index (χ1n) is 10.2. The van der Waals surface area contributed by atoms with Gasteiger partial charge in [-0.25, -0.2) is 13.1 Å². The average Bonchev–Trinajstić information content (AvgIpc) is 3.45. The number of hydrogen-bond donors (Lipinski definition) is 0. The minimum absolute atomic E-state index is 0.0389. The number of para-hydroxylation sites is 1. The van der Waals surface area contributed by atoms with Gasteiger partial charge < -0.3 is 0 Å². The van der Waals surface area contributed by atoms with Gasteiger partial charge in [0.1, 0.15) is 4.32 Å². The van der Waals surface area contributed by atoms with Crippen LogP contribution in [0.25, 0.3) is 23.0 Å². The highest BCUT2D eigenvalue weighted by Gasteiger charge is 2.42. The molecule has 10 heteroatoms. The molecule has 33 heavy (non-hydrogen) atoms. The smallest absolute Gasteiger partial charge is 0.266 e. The molecular weight excluding hydrogens is 542 g/mol. The second kappa shape index (κ2) is 8.83. The lowest BCUT2D eigenvalue weighted by Crippen LogP contribution is -2.39. The zero-order chi connectivity index (χ0) is 23.2. The highest BCUT2D eigenvalue weighted by atomic mass is 79.9. The summed E-state index contributed by atoms with van der Waals surface area (Å²) in [6, 6.07) is 17.2. The number of nitrogens with zero attached hydrogens (tertiary/aromatic N) is 3. The van der Waals surface area contributed by atoms with E-state index >= 15 is 0 Å². The van der Waals surface area contributed by atoms with Gasteiger partial charge in [-0.3, -0.25) is 9.69 Å². The van der Waals surface area contributed by atoms with Gasteiger partial charge in [0.2, 0.25) is 0 Å². The third kappa shape index (κ3) is 4.57. The van der Waals surface area contributed by atoms with Crippen LogP contribution < -0.4 is 0 Å². The van der Waals surface area contributed by atoms with Gasteiger partial charge in [-0.1, -0.05) is 70.2 Å². The molecule has 5 rings (SSSR count). The normalized spacial score (nSPS) is 21.3. The van der Waals surface area contributed by atoms with Crippen LogP contribution in [0.5, 0.6) is 0 Å². The van der Waals surface area contributed by atoms with Crippen molar-refractivity contribution in [2.24, 2.45) is 0 Å². The van der Waals surface area contributed by atoms with Crippen molar-refractivity contribution in [1.29, 1.82) is 0 Å². The van der Waals surface area contributed by atoms with E-state index in [-0.39, 0.29) is 17.4 Å².